The van der Waals surface area contributed by atoms with Crippen LogP contribution < -0.4 is 0 Å². The summed E-state index contributed by atoms with van der Waals surface area (Å²) in [5.41, 5.74) is 1.41. The maximum atomic E-state index is 11.4. The molecule has 1 unspecified atom stereocenters. The number of nitrogens with one attached hydrogen (secondary N) is 1. The molecule has 2 N–H and O–H groups in total. The Balaban J connectivity index is 2.35. The fourth-order valence-electron chi connectivity index (χ4n) is 1.75. The number of aromatic amines is 1. The Morgan fingerprint density at radius 3 is 3.06 bits per heavy atom. The van der Waals surface area contributed by atoms with Gasteiger partial charge in [0.05, 0.1) is 24.3 Å². The van der Waals surface area contributed by atoms with Crippen LogP contribution in [0.5, 0.6) is 0 Å². The van der Waals surface area contributed by atoms with Crippen LogP contribution in [0.25, 0.3) is 0 Å². The summed E-state index contributed by atoms with van der Waals surface area (Å²) in [6.07, 6.45) is 6.66. The minimum Gasteiger partial charge on any atom is -0.480 e. The van der Waals surface area contributed by atoms with Gasteiger partial charge in [-0.3, -0.25) is 4.79 Å². The average Bonchev–Trinajstić information content (AvgIpc) is 2.73. The van der Waals surface area contributed by atoms with Crippen molar-refractivity contribution >= 4 is 11.9 Å². The molecule has 6 heteroatoms. The first kappa shape index (κ1) is 10.2. The molecule has 82 valence electrons. The minimum atomic E-state index is -1.07. The molecule has 0 saturated carbocycles. The number of carbonyl (C=O) groups excluding carboxylic acids is 1. The number of aromatic nitrogens is 2. The van der Waals surface area contributed by atoms with Gasteiger partial charge in [0, 0.05) is 6.42 Å². The number of hydrogen-bond acceptors (Lipinski definition) is 3. The second-order valence-corrected chi connectivity index (χ2v) is 3.46. The van der Waals surface area contributed by atoms with E-state index in [2.05, 4.69) is 9.97 Å². The van der Waals surface area contributed by atoms with Crippen LogP contribution >= 0.6 is 0 Å². The molecule has 0 aromatic carbocycles. The van der Waals surface area contributed by atoms with Crippen molar-refractivity contribution in [2.45, 2.75) is 19.0 Å². The highest BCUT2D eigenvalue weighted by molar-refractivity contribution is 5.95. The maximum Gasteiger partial charge on any atom is 0.326 e. The Kier molecular flexibility index (Phi) is 2.37. The summed E-state index contributed by atoms with van der Waals surface area (Å²) in [7, 11) is 0. The molecule has 0 radical (unpaired) electrons. The van der Waals surface area contributed by atoms with E-state index in [0.29, 0.717) is 5.69 Å². The molecule has 1 aliphatic heterocycles. The van der Waals surface area contributed by atoms with Crippen LogP contribution in [0.4, 0.5) is 0 Å². The number of aliphatic carboxylic acids is 1. The lowest BCUT2D eigenvalue weighted by Crippen LogP contribution is -2.48. The standard InChI is InChI=1S/C10H9N3O3/c1-2-9(14)13-4-7-6(11-5-12-7)3-8(13)10(15)16/h1,5,8H,3-4H2,(H,11,12)(H,15,16). The normalized spacial score (nSPS) is 18.7. The third-order valence-electron chi connectivity index (χ3n) is 2.57. The number of amides is 1. The van der Waals surface area contributed by atoms with E-state index in [-0.39, 0.29) is 13.0 Å². The molecule has 16 heavy (non-hydrogen) atoms. The van der Waals surface area contributed by atoms with Crippen LogP contribution in [0, 0.1) is 12.3 Å². The quantitative estimate of drug-likeness (QED) is 0.616. The summed E-state index contributed by atoms with van der Waals surface area (Å²) in [6, 6.07) is -0.931. The molecular weight excluding hydrogens is 210 g/mol. The lowest BCUT2D eigenvalue weighted by molar-refractivity contribution is -0.149. The van der Waals surface area contributed by atoms with Crippen LogP contribution in [0.3, 0.4) is 0 Å². The number of H-pyrrole nitrogens is 1. The first-order valence-electron chi connectivity index (χ1n) is 4.64. The number of nitrogens with zero attached hydrogens (tertiary/aromatic N) is 2. The molecule has 1 aromatic heterocycles. The molecule has 6 nitrogen and oxygen atoms in total. The molecule has 0 spiro atoms. The lowest BCUT2D eigenvalue weighted by atomic mass is 10.0. The molecule has 0 saturated heterocycles. The molecule has 1 atom stereocenters. The Morgan fingerprint density at radius 1 is 1.69 bits per heavy atom. The van der Waals surface area contributed by atoms with Crippen molar-refractivity contribution in [3.8, 4) is 12.3 Å². The van der Waals surface area contributed by atoms with E-state index in [1.807, 2.05) is 5.92 Å². The summed E-state index contributed by atoms with van der Waals surface area (Å²) < 4.78 is 0. The van der Waals surface area contributed by atoms with Gasteiger partial charge in [-0.1, -0.05) is 0 Å². The van der Waals surface area contributed by atoms with Gasteiger partial charge in [-0.15, -0.1) is 6.42 Å². The number of carboxylic acid groups (broad SMARTS) is 1. The predicted molar refractivity (Wildman–Crippen MR) is 53.1 cm³/mol. The molecule has 1 aromatic rings. The zero-order chi connectivity index (χ0) is 11.7. The highest BCUT2D eigenvalue weighted by atomic mass is 16.4. The highest BCUT2D eigenvalue weighted by Gasteiger charge is 2.35. The zero-order valence-corrected chi connectivity index (χ0v) is 8.30. The third-order valence-corrected chi connectivity index (χ3v) is 2.57. The van der Waals surface area contributed by atoms with Crippen LogP contribution in [-0.4, -0.2) is 37.9 Å². The van der Waals surface area contributed by atoms with Crippen molar-refractivity contribution in [3.05, 3.63) is 17.7 Å². The van der Waals surface area contributed by atoms with Gasteiger partial charge in [0.15, 0.2) is 0 Å². The lowest BCUT2D eigenvalue weighted by Gasteiger charge is -2.30. The second kappa shape index (κ2) is 3.70. The van der Waals surface area contributed by atoms with Gasteiger partial charge in [0.2, 0.25) is 0 Å². The topological polar surface area (TPSA) is 86.3 Å². The average molecular weight is 219 g/mol. The fourth-order valence-corrected chi connectivity index (χ4v) is 1.75. The highest BCUT2D eigenvalue weighted by Crippen LogP contribution is 2.20. The molecular formula is C10H9N3O3. The van der Waals surface area contributed by atoms with Gasteiger partial charge in [0.25, 0.3) is 5.91 Å². The van der Waals surface area contributed by atoms with E-state index >= 15 is 0 Å². The summed E-state index contributed by atoms with van der Waals surface area (Å²) in [5, 5.41) is 9.02. The molecule has 1 amide bonds. The fraction of sp³-hybridized carbons (Fsp3) is 0.300. The van der Waals surface area contributed by atoms with Crippen molar-refractivity contribution in [2.24, 2.45) is 0 Å². The maximum absolute atomic E-state index is 11.4. The van der Waals surface area contributed by atoms with Gasteiger partial charge in [-0.2, -0.15) is 0 Å². The summed E-state index contributed by atoms with van der Waals surface area (Å²) in [4.78, 5) is 30.4. The molecule has 0 fully saturated rings. The Bertz CT molecular complexity index is 486. The number of hydrogen-bond donors (Lipinski definition) is 2. The second-order valence-electron chi connectivity index (χ2n) is 3.46. The molecule has 2 rings (SSSR count). The van der Waals surface area contributed by atoms with Crippen LogP contribution in [0.2, 0.25) is 0 Å². The molecule has 2 heterocycles. The Morgan fingerprint density at radius 2 is 2.44 bits per heavy atom. The van der Waals surface area contributed by atoms with Crippen molar-refractivity contribution in [2.75, 3.05) is 0 Å². The van der Waals surface area contributed by atoms with Gasteiger partial charge in [-0.25, -0.2) is 9.78 Å². The largest absolute Gasteiger partial charge is 0.480 e. The predicted octanol–water partition coefficient (Wildman–Crippen LogP) is -0.619. The van der Waals surface area contributed by atoms with Crippen molar-refractivity contribution in [1.29, 1.82) is 0 Å². The van der Waals surface area contributed by atoms with Gasteiger partial charge < -0.3 is 15.0 Å². The number of terminal acetylenes is 1. The number of carbonyl (C=O) groups is 2. The summed E-state index contributed by atoms with van der Waals surface area (Å²) >= 11 is 0. The molecule has 1 aliphatic rings. The van der Waals surface area contributed by atoms with E-state index in [1.54, 1.807) is 0 Å². The van der Waals surface area contributed by atoms with E-state index in [9.17, 15) is 9.59 Å². The van der Waals surface area contributed by atoms with Crippen LogP contribution in [-0.2, 0) is 22.6 Å². The van der Waals surface area contributed by atoms with E-state index in [1.165, 1.54) is 6.33 Å². The minimum absolute atomic E-state index is 0.162. The van der Waals surface area contributed by atoms with Crippen molar-refractivity contribution < 1.29 is 14.7 Å². The zero-order valence-electron chi connectivity index (χ0n) is 8.30. The SMILES string of the molecule is C#CC(=O)N1Cc2[nH]cnc2CC1C(=O)O. The van der Waals surface area contributed by atoms with E-state index in [4.69, 9.17) is 11.5 Å². The number of imidazole rings is 1. The summed E-state index contributed by atoms with van der Waals surface area (Å²) in [6.45, 7) is 0.162. The third kappa shape index (κ3) is 1.52. The Labute approximate surface area is 91.3 Å². The first-order chi connectivity index (χ1) is 7.63. The van der Waals surface area contributed by atoms with Gasteiger partial charge in [-0.05, 0) is 5.92 Å². The van der Waals surface area contributed by atoms with Crippen molar-refractivity contribution in [3.63, 3.8) is 0 Å². The first-order valence-corrected chi connectivity index (χ1v) is 4.64. The monoisotopic (exact) mass is 219 g/mol. The van der Waals surface area contributed by atoms with E-state index in [0.717, 1.165) is 10.6 Å². The number of fused-ring (bicyclic) bond motifs is 1. The van der Waals surface area contributed by atoms with Crippen molar-refractivity contribution in [1.82, 2.24) is 14.9 Å². The van der Waals surface area contributed by atoms with Gasteiger partial charge >= 0.3 is 5.97 Å². The Hall–Kier alpha value is -2.29. The van der Waals surface area contributed by atoms with Crippen LogP contribution in [0.1, 0.15) is 11.4 Å². The van der Waals surface area contributed by atoms with Crippen LogP contribution in [0.15, 0.2) is 6.33 Å². The summed E-state index contributed by atoms with van der Waals surface area (Å²) in [5.74, 6) is 0.242. The molecule has 0 bridgehead atoms. The molecule has 0 aliphatic carbocycles. The number of carboxylic acids is 1. The number of rotatable bonds is 1. The smallest absolute Gasteiger partial charge is 0.326 e. The van der Waals surface area contributed by atoms with Gasteiger partial charge in [0.1, 0.15) is 6.04 Å². The van der Waals surface area contributed by atoms with E-state index < -0.39 is 17.9 Å².